The van der Waals surface area contributed by atoms with Gasteiger partial charge < -0.3 is 5.11 Å². The van der Waals surface area contributed by atoms with Crippen molar-refractivity contribution < 1.29 is 9.90 Å². The molecule has 1 aliphatic carbocycles. The first-order chi connectivity index (χ1) is 7.72. The highest BCUT2D eigenvalue weighted by Crippen LogP contribution is 2.33. The Morgan fingerprint density at radius 3 is 2.88 bits per heavy atom. The molecule has 2 aliphatic rings. The Labute approximate surface area is 97.8 Å². The van der Waals surface area contributed by atoms with Crippen molar-refractivity contribution in [2.75, 3.05) is 19.7 Å². The van der Waals surface area contributed by atoms with Gasteiger partial charge >= 0.3 is 0 Å². The zero-order chi connectivity index (χ0) is 11.5. The van der Waals surface area contributed by atoms with Crippen molar-refractivity contribution in [3.8, 4) is 0 Å². The van der Waals surface area contributed by atoms with Crippen LogP contribution in [0, 0.1) is 11.8 Å². The van der Waals surface area contributed by atoms with Crippen molar-refractivity contribution in [2.45, 2.75) is 45.1 Å². The van der Waals surface area contributed by atoms with E-state index in [0.717, 1.165) is 32.4 Å². The quantitative estimate of drug-likeness (QED) is 0.787. The number of Topliss-reactive ketones (excluding diaryl/α,β-unsaturated/α-hetero) is 1. The van der Waals surface area contributed by atoms with Crippen LogP contribution in [0.25, 0.3) is 0 Å². The summed E-state index contributed by atoms with van der Waals surface area (Å²) in [5.74, 6) is 1.11. The number of aliphatic hydroxyl groups is 1. The summed E-state index contributed by atoms with van der Waals surface area (Å²) in [7, 11) is 0. The Balaban J connectivity index is 1.94. The van der Waals surface area contributed by atoms with Crippen LogP contribution in [0.15, 0.2) is 0 Å². The molecule has 1 saturated carbocycles. The van der Waals surface area contributed by atoms with Crippen LogP contribution in [0.2, 0.25) is 0 Å². The van der Waals surface area contributed by atoms with Crippen molar-refractivity contribution in [3.05, 3.63) is 0 Å². The predicted octanol–water partition coefficient (Wildman–Crippen LogP) is 1.45. The topological polar surface area (TPSA) is 40.5 Å². The number of likely N-dealkylation sites (tertiary alicyclic amines) is 1. The highest BCUT2D eigenvalue weighted by atomic mass is 16.3. The molecule has 3 atom stereocenters. The Bertz CT molecular complexity index is 254. The van der Waals surface area contributed by atoms with Crippen LogP contribution < -0.4 is 0 Å². The van der Waals surface area contributed by atoms with E-state index in [0.29, 0.717) is 23.7 Å². The maximum Gasteiger partial charge on any atom is 0.137 e. The van der Waals surface area contributed by atoms with Crippen LogP contribution in [-0.4, -0.2) is 41.5 Å². The number of rotatable bonds is 4. The maximum atomic E-state index is 11.8. The molecule has 1 N–H and O–H groups in total. The molecule has 0 radical (unpaired) electrons. The molecule has 0 aromatic heterocycles. The molecule has 0 aromatic carbocycles. The van der Waals surface area contributed by atoms with Crippen molar-refractivity contribution in [1.29, 1.82) is 0 Å². The maximum absolute atomic E-state index is 11.8. The Kier molecular flexibility index (Phi) is 3.98. The number of aliphatic hydroxyl groups excluding tert-OH is 1. The lowest BCUT2D eigenvalue weighted by atomic mass is 9.94. The monoisotopic (exact) mass is 225 g/mol. The lowest BCUT2D eigenvalue weighted by Crippen LogP contribution is -2.40. The molecule has 0 bridgehead atoms. The first-order valence-corrected chi connectivity index (χ1v) is 6.60. The number of carbonyl (C=O) groups excluding carboxylic acids is 1. The van der Waals surface area contributed by atoms with Gasteiger partial charge in [-0.1, -0.05) is 6.92 Å². The molecule has 2 rings (SSSR count). The van der Waals surface area contributed by atoms with E-state index in [1.807, 2.05) is 0 Å². The summed E-state index contributed by atoms with van der Waals surface area (Å²) in [6.07, 6.45) is 5.36. The van der Waals surface area contributed by atoms with E-state index in [-0.39, 0.29) is 6.61 Å². The van der Waals surface area contributed by atoms with Crippen molar-refractivity contribution in [2.24, 2.45) is 11.8 Å². The minimum Gasteiger partial charge on any atom is -0.396 e. The van der Waals surface area contributed by atoms with E-state index < -0.39 is 0 Å². The van der Waals surface area contributed by atoms with Gasteiger partial charge in [-0.15, -0.1) is 0 Å². The Hall–Kier alpha value is -0.410. The fourth-order valence-electron chi connectivity index (χ4n) is 3.24. The molecule has 3 nitrogen and oxygen atoms in total. The average molecular weight is 225 g/mol. The number of carbonyl (C=O) groups is 1. The van der Waals surface area contributed by atoms with Gasteiger partial charge in [0.15, 0.2) is 0 Å². The van der Waals surface area contributed by atoms with Gasteiger partial charge in [-0.25, -0.2) is 0 Å². The second-order valence-corrected chi connectivity index (χ2v) is 5.46. The fraction of sp³-hybridized carbons (Fsp3) is 0.923. The van der Waals surface area contributed by atoms with E-state index in [1.54, 1.807) is 0 Å². The van der Waals surface area contributed by atoms with Gasteiger partial charge in [-0.05, 0) is 38.1 Å². The van der Waals surface area contributed by atoms with Crippen LogP contribution in [0.5, 0.6) is 0 Å². The van der Waals surface area contributed by atoms with Gasteiger partial charge in [0.1, 0.15) is 5.78 Å². The first kappa shape index (κ1) is 12.1. The summed E-state index contributed by atoms with van der Waals surface area (Å²) in [4.78, 5) is 14.2. The summed E-state index contributed by atoms with van der Waals surface area (Å²) in [5.41, 5.74) is 0. The molecular weight excluding hydrogens is 202 g/mol. The number of hydrogen-bond acceptors (Lipinski definition) is 3. The summed E-state index contributed by atoms with van der Waals surface area (Å²) in [6, 6.07) is 0.476. The third kappa shape index (κ3) is 2.46. The van der Waals surface area contributed by atoms with E-state index in [2.05, 4.69) is 11.8 Å². The first-order valence-electron chi connectivity index (χ1n) is 6.60. The largest absolute Gasteiger partial charge is 0.396 e. The highest BCUT2D eigenvalue weighted by molar-refractivity contribution is 5.83. The van der Waals surface area contributed by atoms with Crippen molar-refractivity contribution in [1.82, 2.24) is 4.90 Å². The van der Waals surface area contributed by atoms with Gasteiger partial charge in [0.2, 0.25) is 0 Å². The third-order valence-electron chi connectivity index (χ3n) is 4.09. The van der Waals surface area contributed by atoms with Gasteiger partial charge in [-0.3, -0.25) is 9.69 Å². The molecule has 0 amide bonds. The molecule has 1 aliphatic heterocycles. The van der Waals surface area contributed by atoms with Crippen LogP contribution in [0.1, 0.15) is 39.0 Å². The van der Waals surface area contributed by atoms with Gasteiger partial charge in [0, 0.05) is 31.5 Å². The molecule has 16 heavy (non-hydrogen) atoms. The van der Waals surface area contributed by atoms with E-state index in [4.69, 9.17) is 5.11 Å². The van der Waals surface area contributed by atoms with E-state index in [1.165, 1.54) is 12.8 Å². The SMILES string of the molecule is CC(CO)CN1CCCC1C1CCCC1=O. The zero-order valence-electron chi connectivity index (χ0n) is 10.2. The molecule has 1 heterocycles. The van der Waals surface area contributed by atoms with E-state index >= 15 is 0 Å². The molecule has 92 valence electrons. The summed E-state index contributed by atoms with van der Waals surface area (Å²) < 4.78 is 0. The Morgan fingerprint density at radius 2 is 2.25 bits per heavy atom. The smallest absolute Gasteiger partial charge is 0.137 e. The van der Waals surface area contributed by atoms with Gasteiger partial charge in [0.25, 0.3) is 0 Å². The van der Waals surface area contributed by atoms with E-state index in [9.17, 15) is 4.79 Å². The molecule has 3 heteroatoms. The number of nitrogens with zero attached hydrogens (tertiary/aromatic N) is 1. The van der Waals surface area contributed by atoms with Gasteiger partial charge in [0.05, 0.1) is 0 Å². The normalized spacial score (nSPS) is 33.5. The van der Waals surface area contributed by atoms with Gasteiger partial charge in [-0.2, -0.15) is 0 Å². The summed E-state index contributed by atoms with van der Waals surface area (Å²) in [6.45, 7) is 4.39. The summed E-state index contributed by atoms with van der Waals surface area (Å²) >= 11 is 0. The van der Waals surface area contributed by atoms with Crippen molar-refractivity contribution in [3.63, 3.8) is 0 Å². The molecule has 0 aromatic rings. The van der Waals surface area contributed by atoms with Crippen LogP contribution in [0.4, 0.5) is 0 Å². The molecule has 3 unspecified atom stereocenters. The second-order valence-electron chi connectivity index (χ2n) is 5.46. The zero-order valence-corrected chi connectivity index (χ0v) is 10.2. The fourth-order valence-corrected chi connectivity index (χ4v) is 3.24. The van der Waals surface area contributed by atoms with Crippen LogP contribution in [0.3, 0.4) is 0 Å². The number of hydrogen-bond donors (Lipinski definition) is 1. The molecular formula is C13H23NO2. The second kappa shape index (κ2) is 5.28. The van der Waals surface area contributed by atoms with Crippen LogP contribution in [-0.2, 0) is 4.79 Å². The number of ketones is 1. The van der Waals surface area contributed by atoms with Crippen molar-refractivity contribution >= 4 is 5.78 Å². The predicted molar refractivity (Wildman–Crippen MR) is 63.2 cm³/mol. The molecule has 2 fully saturated rings. The average Bonchev–Trinajstić information content (AvgIpc) is 2.86. The third-order valence-corrected chi connectivity index (χ3v) is 4.09. The highest BCUT2D eigenvalue weighted by Gasteiger charge is 2.38. The minimum absolute atomic E-state index is 0.252. The van der Waals surface area contributed by atoms with Crippen LogP contribution >= 0.6 is 0 Å². The minimum atomic E-state index is 0.252. The molecule has 1 saturated heterocycles. The summed E-state index contributed by atoms with van der Waals surface area (Å²) in [5, 5.41) is 9.11. The molecule has 0 spiro atoms. The lowest BCUT2D eigenvalue weighted by Gasteiger charge is -2.30. The Morgan fingerprint density at radius 1 is 1.44 bits per heavy atom. The standard InChI is InChI=1S/C13H23NO2/c1-10(9-15)8-14-7-3-5-12(14)11-4-2-6-13(11)16/h10-12,15H,2-9H2,1H3. The lowest BCUT2D eigenvalue weighted by molar-refractivity contribution is -0.122.